The Kier molecular flexibility index (Phi) is 3.86. The Bertz CT molecular complexity index is 745. The van der Waals surface area contributed by atoms with Crippen LogP contribution in [0.25, 0.3) is 5.65 Å². The van der Waals surface area contributed by atoms with Crippen LogP contribution in [0.1, 0.15) is 30.1 Å². The van der Waals surface area contributed by atoms with Gasteiger partial charge >= 0.3 is 5.97 Å². The number of carboxylic acids is 1. The fraction of sp³-hybridized carbons (Fsp3) is 0.429. The summed E-state index contributed by atoms with van der Waals surface area (Å²) in [6.07, 6.45) is 6.08. The Labute approximate surface area is 135 Å². The SMILES string of the molecule is CC1CCC(C(=O)O)CN1C(=O)c1cnn2cc(Br)cnc12. The van der Waals surface area contributed by atoms with Crippen molar-refractivity contribution >= 4 is 33.5 Å². The van der Waals surface area contributed by atoms with Gasteiger partial charge < -0.3 is 10.0 Å². The highest BCUT2D eigenvalue weighted by Gasteiger charge is 2.34. The van der Waals surface area contributed by atoms with Crippen molar-refractivity contribution < 1.29 is 14.7 Å². The van der Waals surface area contributed by atoms with Crippen molar-refractivity contribution in [3.05, 3.63) is 28.6 Å². The van der Waals surface area contributed by atoms with Gasteiger partial charge in [-0.2, -0.15) is 5.10 Å². The molecule has 22 heavy (non-hydrogen) atoms. The molecule has 2 aromatic rings. The molecule has 8 heteroatoms. The molecule has 0 radical (unpaired) electrons. The molecular weight excluding hydrogens is 352 g/mol. The predicted octanol–water partition coefficient (Wildman–Crippen LogP) is 1.82. The number of fused-ring (bicyclic) bond motifs is 1. The number of likely N-dealkylation sites (tertiary alicyclic amines) is 1. The van der Waals surface area contributed by atoms with Crippen molar-refractivity contribution in [2.45, 2.75) is 25.8 Å². The maximum atomic E-state index is 12.8. The van der Waals surface area contributed by atoms with Crippen molar-refractivity contribution in [2.75, 3.05) is 6.54 Å². The van der Waals surface area contributed by atoms with Gasteiger partial charge in [-0.05, 0) is 35.7 Å². The number of carboxylic acid groups (broad SMARTS) is 1. The third kappa shape index (κ3) is 2.58. The molecule has 2 atom stereocenters. The second kappa shape index (κ2) is 5.68. The fourth-order valence-electron chi connectivity index (χ4n) is 2.75. The van der Waals surface area contributed by atoms with E-state index in [-0.39, 0.29) is 18.5 Å². The molecule has 0 spiro atoms. The quantitative estimate of drug-likeness (QED) is 0.875. The number of aliphatic carboxylic acids is 1. The lowest BCUT2D eigenvalue weighted by atomic mass is 9.93. The fourth-order valence-corrected chi connectivity index (χ4v) is 3.05. The van der Waals surface area contributed by atoms with Gasteiger partial charge in [0.15, 0.2) is 5.65 Å². The first-order chi connectivity index (χ1) is 10.5. The van der Waals surface area contributed by atoms with Crippen LogP contribution in [0.2, 0.25) is 0 Å². The number of amides is 1. The summed E-state index contributed by atoms with van der Waals surface area (Å²) in [7, 11) is 0. The minimum absolute atomic E-state index is 0.00787. The third-order valence-corrected chi connectivity index (χ3v) is 4.46. The minimum Gasteiger partial charge on any atom is -0.481 e. The molecule has 1 amide bonds. The van der Waals surface area contributed by atoms with Crippen LogP contribution in [0.4, 0.5) is 0 Å². The van der Waals surface area contributed by atoms with Gasteiger partial charge in [-0.25, -0.2) is 9.50 Å². The molecule has 7 nitrogen and oxygen atoms in total. The zero-order chi connectivity index (χ0) is 15.9. The summed E-state index contributed by atoms with van der Waals surface area (Å²) in [6.45, 7) is 2.16. The topological polar surface area (TPSA) is 87.8 Å². The predicted molar refractivity (Wildman–Crippen MR) is 81.5 cm³/mol. The molecule has 3 heterocycles. The Balaban J connectivity index is 1.92. The number of hydrogen-bond donors (Lipinski definition) is 1. The smallest absolute Gasteiger partial charge is 0.308 e. The van der Waals surface area contributed by atoms with Gasteiger partial charge in [0.25, 0.3) is 5.91 Å². The van der Waals surface area contributed by atoms with E-state index in [2.05, 4.69) is 26.0 Å². The first-order valence-electron chi connectivity index (χ1n) is 7.00. The number of carbonyl (C=O) groups excluding carboxylic acids is 1. The van der Waals surface area contributed by atoms with Gasteiger partial charge in [0, 0.05) is 25.0 Å². The van der Waals surface area contributed by atoms with Crippen LogP contribution >= 0.6 is 15.9 Å². The molecular formula is C14H15BrN4O3. The number of halogens is 1. The molecule has 0 aromatic carbocycles. The molecule has 1 fully saturated rings. The summed E-state index contributed by atoms with van der Waals surface area (Å²) in [6, 6.07) is 0.00787. The lowest BCUT2D eigenvalue weighted by molar-refractivity contribution is -0.143. The molecule has 0 bridgehead atoms. The standard InChI is InChI=1S/C14H15BrN4O3/c1-8-2-3-9(14(21)22)6-18(8)13(20)11-5-17-19-7-10(15)4-16-12(11)19/h4-5,7-9H,2-3,6H2,1H3,(H,21,22). The van der Waals surface area contributed by atoms with Gasteiger partial charge in [0.05, 0.1) is 16.6 Å². The largest absolute Gasteiger partial charge is 0.481 e. The number of hydrogen-bond acceptors (Lipinski definition) is 4. The number of piperidine rings is 1. The van der Waals surface area contributed by atoms with Gasteiger partial charge in [0.2, 0.25) is 0 Å². The van der Waals surface area contributed by atoms with E-state index < -0.39 is 11.9 Å². The van der Waals surface area contributed by atoms with Gasteiger partial charge in [-0.3, -0.25) is 9.59 Å². The van der Waals surface area contributed by atoms with Crippen molar-refractivity contribution in [1.29, 1.82) is 0 Å². The first kappa shape index (κ1) is 15.0. The van der Waals surface area contributed by atoms with Crippen molar-refractivity contribution in [3.8, 4) is 0 Å². The highest BCUT2D eigenvalue weighted by atomic mass is 79.9. The van der Waals surface area contributed by atoms with Crippen LogP contribution in [0.3, 0.4) is 0 Å². The highest BCUT2D eigenvalue weighted by molar-refractivity contribution is 9.10. The van der Waals surface area contributed by atoms with Crippen LogP contribution < -0.4 is 0 Å². The first-order valence-corrected chi connectivity index (χ1v) is 7.79. The molecule has 3 rings (SSSR count). The lowest BCUT2D eigenvalue weighted by Gasteiger charge is -2.36. The van der Waals surface area contributed by atoms with E-state index in [0.717, 1.165) is 4.47 Å². The summed E-state index contributed by atoms with van der Waals surface area (Å²) in [5.74, 6) is -1.58. The minimum atomic E-state index is -0.855. The second-order valence-electron chi connectivity index (χ2n) is 5.52. The molecule has 2 aromatic heterocycles. The average molecular weight is 367 g/mol. The summed E-state index contributed by atoms with van der Waals surface area (Å²) in [4.78, 5) is 29.8. The highest BCUT2D eigenvalue weighted by Crippen LogP contribution is 2.25. The maximum Gasteiger partial charge on any atom is 0.308 e. The summed E-state index contributed by atoms with van der Waals surface area (Å²) >= 11 is 3.30. The lowest BCUT2D eigenvalue weighted by Crippen LogP contribution is -2.47. The number of aromatic nitrogens is 3. The Morgan fingerprint density at radius 2 is 2.14 bits per heavy atom. The number of rotatable bonds is 2. The van der Waals surface area contributed by atoms with Crippen LogP contribution in [0, 0.1) is 5.92 Å². The van der Waals surface area contributed by atoms with E-state index in [4.69, 9.17) is 0 Å². The van der Waals surface area contributed by atoms with Crippen molar-refractivity contribution in [1.82, 2.24) is 19.5 Å². The molecule has 0 saturated carbocycles. The van der Waals surface area contributed by atoms with Gasteiger partial charge in [0.1, 0.15) is 5.56 Å². The summed E-state index contributed by atoms with van der Waals surface area (Å²) < 4.78 is 2.29. The van der Waals surface area contributed by atoms with Crippen molar-refractivity contribution in [3.63, 3.8) is 0 Å². The Hall–Kier alpha value is -1.96. The number of carbonyl (C=O) groups is 2. The molecule has 116 valence electrons. The molecule has 1 aliphatic rings. The van der Waals surface area contributed by atoms with Crippen LogP contribution in [-0.2, 0) is 4.79 Å². The van der Waals surface area contributed by atoms with Crippen molar-refractivity contribution in [2.24, 2.45) is 5.92 Å². The zero-order valence-corrected chi connectivity index (χ0v) is 13.5. The van der Waals surface area contributed by atoms with E-state index in [0.29, 0.717) is 24.1 Å². The van der Waals surface area contributed by atoms with Crippen LogP contribution in [-0.4, -0.2) is 49.1 Å². The normalized spacial score (nSPS) is 22.0. The zero-order valence-electron chi connectivity index (χ0n) is 11.9. The molecule has 2 unspecified atom stereocenters. The number of nitrogens with zero attached hydrogens (tertiary/aromatic N) is 4. The second-order valence-corrected chi connectivity index (χ2v) is 6.43. The van der Waals surface area contributed by atoms with Gasteiger partial charge in [-0.1, -0.05) is 0 Å². The van der Waals surface area contributed by atoms with Gasteiger partial charge in [-0.15, -0.1) is 0 Å². The molecule has 1 saturated heterocycles. The van der Waals surface area contributed by atoms with Crippen LogP contribution in [0.5, 0.6) is 0 Å². The monoisotopic (exact) mass is 366 g/mol. The average Bonchev–Trinajstić information content (AvgIpc) is 2.89. The summed E-state index contributed by atoms with van der Waals surface area (Å²) in [5, 5.41) is 13.3. The Morgan fingerprint density at radius 3 is 2.86 bits per heavy atom. The Morgan fingerprint density at radius 1 is 1.36 bits per heavy atom. The van der Waals surface area contributed by atoms with E-state index in [1.165, 1.54) is 10.7 Å². The summed E-state index contributed by atoms with van der Waals surface area (Å²) in [5.41, 5.74) is 0.864. The third-order valence-electron chi connectivity index (χ3n) is 4.05. The van der Waals surface area contributed by atoms with Crippen LogP contribution in [0.15, 0.2) is 23.1 Å². The van der Waals surface area contributed by atoms with E-state index in [1.54, 1.807) is 17.3 Å². The molecule has 1 N–H and O–H groups in total. The van der Waals surface area contributed by atoms with E-state index >= 15 is 0 Å². The van der Waals surface area contributed by atoms with E-state index in [9.17, 15) is 14.7 Å². The maximum absolute atomic E-state index is 12.8. The molecule has 1 aliphatic heterocycles. The van der Waals surface area contributed by atoms with E-state index in [1.807, 2.05) is 6.92 Å². The molecule has 0 aliphatic carbocycles.